The number of hydrogen-bond donors (Lipinski definition) is 3. The van der Waals surface area contributed by atoms with Crippen LogP contribution in [0.1, 0.15) is 49.0 Å². The minimum Gasteiger partial charge on any atom is -0.371 e. The van der Waals surface area contributed by atoms with Gasteiger partial charge in [-0.05, 0) is 63.4 Å². The van der Waals surface area contributed by atoms with E-state index in [-0.39, 0.29) is 18.0 Å². The molecule has 1 aliphatic heterocycles. The van der Waals surface area contributed by atoms with Crippen LogP contribution in [0.25, 0.3) is 0 Å². The van der Waals surface area contributed by atoms with Crippen molar-refractivity contribution < 1.29 is 9.59 Å². The molecule has 2 aromatic carbocycles. The van der Waals surface area contributed by atoms with E-state index in [2.05, 4.69) is 20.9 Å². The average Bonchev–Trinajstić information content (AvgIpc) is 3.24. The summed E-state index contributed by atoms with van der Waals surface area (Å²) < 4.78 is 0. The van der Waals surface area contributed by atoms with E-state index >= 15 is 0 Å². The number of urea groups is 1. The Labute approximate surface area is 172 Å². The van der Waals surface area contributed by atoms with Crippen LogP contribution in [-0.2, 0) is 0 Å². The summed E-state index contributed by atoms with van der Waals surface area (Å²) in [6.07, 6.45) is 3.12. The zero-order valence-electron chi connectivity index (χ0n) is 17.4. The summed E-state index contributed by atoms with van der Waals surface area (Å²) in [5.74, 6) is -0.108. The van der Waals surface area contributed by atoms with Crippen molar-refractivity contribution in [3.63, 3.8) is 0 Å². The number of hydrogen-bond acceptors (Lipinski definition) is 3. The lowest BCUT2D eigenvalue weighted by Gasteiger charge is -2.23. The normalized spacial score (nSPS) is 14.4. The maximum absolute atomic E-state index is 12.9. The average molecular weight is 395 g/mol. The third-order valence-corrected chi connectivity index (χ3v) is 5.25. The van der Waals surface area contributed by atoms with Crippen LogP contribution in [0.4, 0.5) is 21.9 Å². The van der Waals surface area contributed by atoms with Gasteiger partial charge in [0.2, 0.25) is 0 Å². The number of rotatable bonds is 6. The number of aryl methyl sites for hydroxylation is 1. The number of carbonyl (C=O) groups excluding carboxylic acids is 2. The standard InChI is InChI=1S/C23H30N4O2/c1-4-17(3)24-22(28)20-15-19(11-12-21(20)27-13-5-6-14-27)26-23(29)25-18-9-7-16(2)8-10-18/h7-12,15,17H,4-6,13-14H2,1-3H3,(H,24,28)(H2,25,26,29). The van der Waals surface area contributed by atoms with Crippen LogP contribution >= 0.6 is 0 Å². The molecule has 0 saturated carbocycles. The summed E-state index contributed by atoms with van der Waals surface area (Å²) in [5, 5.41) is 8.69. The quantitative estimate of drug-likeness (QED) is 0.661. The Morgan fingerprint density at radius 3 is 2.28 bits per heavy atom. The molecule has 1 aliphatic rings. The first kappa shape index (κ1) is 20.7. The van der Waals surface area contributed by atoms with Crippen LogP contribution in [0.5, 0.6) is 0 Å². The summed E-state index contributed by atoms with van der Waals surface area (Å²) in [7, 11) is 0. The van der Waals surface area contributed by atoms with Gasteiger partial charge in [-0.3, -0.25) is 4.79 Å². The van der Waals surface area contributed by atoms with Crippen molar-refractivity contribution in [1.82, 2.24) is 5.32 Å². The molecule has 0 aromatic heterocycles. The molecule has 1 unspecified atom stereocenters. The highest BCUT2D eigenvalue weighted by Crippen LogP contribution is 2.28. The fourth-order valence-corrected chi connectivity index (χ4v) is 3.36. The van der Waals surface area contributed by atoms with Crippen molar-refractivity contribution in [3.05, 3.63) is 53.6 Å². The Kier molecular flexibility index (Phi) is 6.75. The van der Waals surface area contributed by atoms with Crippen LogP contribution in [0.2, 0.25) is 0 Å². The molecular weight excluding hydrogens is 364 g/mol. The third kappa shape index (κ3) is 5.50. The zero-order chi connectivity index (χ0) is 20.8. The summed E-state index contributed by atoms with van der Waals surface area (Å²) in [6, 6.07) is 12.9. The Bertz CT molecular complexity index is 858. The first-order valence-corrected chi connectivity index (χ1v) is 10.3. The molecule has 3 rings (SSSR count). The van der Waals surface area contributed by atoms with Crippen molar-refractivity contribution in [2.75, 3.05) is 28.6 Å². The van der Waals surface area contributed by atoms with Gasteiger partial charge in [0.25, 0.3) is 5.91 Å². The monoisotopic (exact) mass is 394 g/mol. The molecule has 154 valence electrons. The van der Waals surface area contributed by atoms with Gasteiger partial charge in [0, 0.05) is 36.2 Å². The molecule has 6 heteroatoms. The van der Waals surface area contributed by atoms with Gasteiger partial charge in [0.15, 0.2) is 0 Å². The van der Waals surface area contributed by atoms with E-state index < -0.39 is 0 Å². The van der Waals surface area contributed by atoms with Crippen molar-refractivity contribution in [2.45, 2.75) is 46.1 Å². The number of benzene rings is 2. The van der Waals surface area contributed by atoms with Gasteiger partial charge in [0.1, 0.15) is 0 Å². The molecule has 1 saturated heterocycles. The predicted molar refractivity (Wildman–Crippen MR) is 119 cm³/mol. The van der Waals surface area contributed by atoms with Crippen LogP contribution in [0.3, 0.4) is 0 Å². The first-order valence-electron chi connectivity index (χ1n) is 10.3. The first-order chi connectivity index (χ1) is 14.0. The van der Waals surface area contributed by atoms with Crippen LogP contribution in [0.15, 0.2) is 42.5 Å². The van der Waals surface area contributed by atoms with E-state index in [0.717, 1.165) is 49.3 Å². The second-order valence-corrected chi connectivity index (χ2v) is 7.65. The van der Waals surface area contributed by atoms with Crippen molar-refractivity contribution in [1.29, 1.82) is 0 Å². The van der Waals surface area contributed by atoms with Gasteiger partial charge >= 0.3 is 6.03 Å². The van der Waals surface area contributed by atoms with Crippen molar-refractivity contribution in [3.8, 4) is 0 Å². The maximum atomic E-state index is 12.9. The lowest BCUT2D eigenvalue weighted by Crippen LogP contribution is -2.33. The highest BCUT2D eigenvalue weighted by Gasteiger charge is 2.21. The SMILES string of the molecule is CCC(C)NC(=O)c1cc(NC(=O)Nc2ccc(C)cc2)ccc1N1CCCC1. The molecule has 0 spiro atoms. The van der Waals surface area contributed by atoms with Gasteiger partial charge in [-0.25, -0.2) is 4.79 Å². The maximum Gasteiger partial charge on any atom is 0.323 e. The summed E-state index contributed by atoms with van der Waals surface area (Å²) >= 11 is 0. The number of anilines is 3. The van der Waals surface area contributed by atoms with E-state index in [1.165, 1.54) is 0 Å². The van der Waals surface area contributed by atoms with Gasteiger partial charge < -0.3 is 20.9 Å². The lowest BCUT2D eigenvalue weighted by atomic mass is 10.1. The van der Waals surface area contributed by atoms with E-state index in [9.17, 15) is 9.59 Å². The Hall–Kier alpha value is -3.02. The molecule has 1 atom stereocenters. The largest absolute Gasteiger partial charge is 0.371 e. The van der Waals surface area contributed by atoms with Crippen LogP contribution in [-0.4, -0.2) is 31.1 Å². The lowest BCUT2D eigenvalue weighted by molar-refractivity contribution is 0.0940. The van der Waals surface area contributed by atoms with Crippen LogP contribution < -0.4 is 20.9 Å². The fraction of sp³-hybridized carbons (Fsp3) is 0.391. The van der Waals surface area contributed by atoms with Gasteiger partial charge in [-0.15, -0.1) is 0 Å². The molecule has 29 heavy (non-hydrogen) atoms. The van der Waals surface area contributed by atoms with Gasteiger partial charge in [0.05, 0.1) is 5.56 Å². The predicted octanol–water partition coefficient (Wildman–Crippen LogP) is 4.77. The second kappa shape index (κ2) is 9.45. The van der Waals surface area contributed by atoms with Crippen molar-refractivity contribution in [2.24, 2.45) is 0 Å². The molecule has 1 fully saturated rings. The smallest absolute Gasteiger partial charge is 0.323 e. The summed E-state index contributed by atoms with van der Waals surface area (Å²) in [6.45, 7) is 7.93. The minimum absolute atomic E-state index is 0.0929. The fourth-order valence-electron chi connectivity index (χ4n) is 3.36. The number of nitrogens with one attached hydrogen (secondary N) is 3. The molecule has 0 bridgehead atoms. The van der Waals surface area contributed by atoms with Crippen LogP contribution in [0, 0.1) is 6.92 Å². The summed E-state index contributed by atoms with van der Waals surface area (Å²) in [5.41, 5.74) is 3.96. The molecule has 3 N–H and O–H groups in total. The molecule has 1 heterocycles. The Balaban J connectivity index is 1.77. The van der Waals surface area contributed by atoms with E-state index in [1.807, 2.05) is 57.2 Å². The zero-order valence-corrected chi connectivity index (χ0v) is 17.4. The van der Waals surface area contributed by atoms with E-state index in [1.54, 1.807) is 6.07 Å². The Morgan fingerprint density at radius 2 is 1.62 bits per heavy atom. The molecule has 3 amide bonds. The topological polar surface area (TPSA) is 73.5 Å². The second-order valence-electron chi connectivity index (χ2n) is 7.65. The summed E-state index contributed by atoms with van der Waals surface area (Å²) in [4.78, 5) is 27.5. The number of amides is 3. The van der Waals surface area contributed by atoms with Gasteiger partial charge in [-0.2, -0.15) is 0 Å². The Morgan fingerprint density at radius 1 is 1.00 bits per heavy atom. The molecule has 6 nitrogen and oxygen atoms in total. The van der Waals surface area contributed by atoms with E-state index in [4.69, 9.17) is 0 Å². The van der Waals surface area contributed by atoms with Gasteiger partial charge in [-0.1, -0.05) is 24.6 Å². The third-order valence-electron chi connectivity index (χ3n) is 5.25. The highest BCUT2D eigenvalue weighted by molar-refractivity contribution is 6.04. The molecule has 2 aromatic rings. The number of nitrogens with zero attached hydrogens (tertiary/aromatic N) is 1. The molecule has 0 aliphatic carbocycles. The van der Waals surface area contributed by atoms with E-state index in [0.29, 0.717) is 11.3 Å². The highest BCUT2D eigenvalue weighted by atomic mass is 16.2. The molecular formula is C23H30N4O2. The molecule has 0 radical (unpaired) electrons. The minimum atomic E-state index is -0.337. The number of carbonyl (C=O) groups is 2. The van der Waals surface area contributed by atoms with Crippen molar-refractivity contribution >= 4 is 29.0 Å².